The van der Waals surface area contributed by atoms with Crippen LogP contribution in [0, 0.1) is 12.7 Å². The fraction of sp³-hybridized carbons (Fsp3) is 0.417. The van der Waals surface area contributed by atoms with Crippen LogP contribution in [0.1, 0.15) is 17.5 Å². The topological polar surface area (TPSA) is 46.5 Å². The third kappa shape index (κ3) is 1.80. The van der Waals surface area contributed by atoms with E-state index >= 15 is 0 Å². The lowest BCUT2D eigenvalue weighted by molar-refractivity contribution is -0.145. The smallest absolute Gasteiger partial charge is 0.304 e. The molecule has 86 valence electrons. The minimum Gasteiger partial charge on any atom is -0.481 e. The molecule has 16 heavy (non-hydrogen) atoms. The first-order chi connectivity index (χ1) is 7.53. The number of carbonyl (C=O) groups is 1. The third-order valence-corrected chi connectivity index (χ3v) is 3.02. The largest absolute Gasteiger partial charge is 0.481 e. The van der Waals surface area contributed by atoms with E-state index in [-0.39, 0.29) is 12.2 Å². The highest BCUT2D eigenvalue weighted by atomic mass is 19.1. The highest BCUT2D eigenvalue weighted by molar-refractivity contribution is 5.69. The standard InChI is InChI=1S/C12H13FO3/c1-8-4-9(2-3-10(8)13)12(5-11(14)15)6-16-7-12/h2-4H,5-7H2,1H3,(H,14,15). The molecule has 0 aromatic heterocycles. The minimum absolute atomic E-state index is 0.0259. The van der Waals surface area contributed by atoms with Gasteiger partial charge in [-0.2, -0.15) is 0 Å². The third-order valence-electron chi connectivity index (χ3n) is 3.02. The van der Waals surface area contributed by atoms with Gasteiger partial charge in [-0.15, -0.1) is 0 Å². The average molecular weight is 224 g/mol. The lowest BCUT2D eigenvalue weighted by Crippen LogP contribution is -2.48. The van der Waals surface area contributed by atoms with Gasteiger partial charge >= 0.3 is 5.97 Å². The van der Waals surface area contributed by atoms with Gasteiger partial charge in [-0.3, -0.25) is 4.79 Å². The maximum atomic E-state index is 13.1. The zero-order chi connectivity index (χ0) is 11.8. The summed E-state index contributed by atoms with van der Waals surface area (Å²) >= 11 is 0. The fourth-order valence-electron chi connectivity index (χ4n) is 1.98. The van der Waals surface area contributed by atoms with E-state index < -0.39 is 11.4 Å². The van der Waals surface area contributed by atoms with Gasteiger partial charge in [0.15, 0.2) is 0 Å². The number of hydrogen-bond donors (Lipinski definition) is 1. The van der Waals surface area contributed by atoms with Gasteiger partial charge in [-0.05, 0) is 24.1 Å². The lowest BCUT2D eigenvalue weighted by atomic mass is 9.75. The Kier molecular flexibility index (Phi) is 2.68. The minimum atomic E-state index is -0.856. The van der Waals surface area contributed by atoms with Crippen molar-refractivity contribution in [1.29, 1.82) is 0 Å². The zero-order valence-corrected chi connectivity index (χ0v) is 9.00. The maximum absolute atomic E-state index is 13.1. The number of halogens is 1. The van der Waals surface area contributed by atoms with Crippen LogP contribution < -0.4 is 0 Å². The van der Waals surface area contributed by atoms with Gasteiger partial charge in [0.2, 0.25) is 0 Å². The van der Waals surface area contributed by atoms with Crippen molar-refractivity contribution in [2.24, 2.45) is 0 Å². The first-order valence-corrected chi connectivity index (χ1v) is 5.10. The highest BCUT2D eigenvalue weighted by Gasteiger charge is 2.42. The van der Waals surface area contributed by atoms with Crippen LogP contribution in [0.3, 0.4) is 0 Å². The predicted molar refractivity (Wildman–Crippen MR) is 55.9 cm³/mol. The van der Waals surface area contributed by atoms with Crippen molar-refractivity contribution in [3.05, 3.63) is 35.1 Å². The first-order valence-electron chi connectivity index (χ1n) is 5.10. The van der Waals surface area contributed by atoms with Gasteiger partial charge < -0.3 is 9.84 Å². The van der Waals surface area contributed by atoms with Crippen LogP contribution in [0.15, 0.2) is 18.2 Å². The first kappa shape index (κ1) is 11.1. The molecule has 0 radical (unpaired) electrons. The van der Waals surface area contributed by atoms with E-state index in [1.54, 1.807) is 19.1 Å². The number of rotatable bonds is 3. The average Bonchev–Trinajstić information content (AvgIpc) is 2.16. The molecule has 1 fully saturated rings. The van der Waals surface area contributed by atoms with Crippen LogP contribution in [0.4, 0.5) is 4.39 Å². The van der Waals surface area contributed by atoms with Gasteiger partial charge in [0.05, 0.1) is 25.0 Å². The Balaban J connectivity index is 2.33. The fourth-order valence-corrected chi connectivity index (χ4v) is 1.98. The van der Waals surface area contributed by atoms with Crippen molar-refractivity contribution in [2.45, 2.75) is 18.8 Å². The molecule has 0 bridgehead atoms. The molecule has 0 amide bonds. The number of carboxylic acid groups (broad SMARTS) is 1. The molecule has 1 aliphatic heterocycles. The molecule has 1 saturated heterocycles. The van der Waals surface area contributed by atoms with E-state index in [0.29, 0.717) is 18.8 Å². The summed E-state index contributed by atoms with van der Waals surface area (Å²) in [6.45, 7) is 2.46. The Morgan fingerprint density at radius 1 is 1.56 bits per heavy atom. The molecule has 0 unspecified atom stereocenters. The zero-order valence-electron chi connectivity index (χ0n) is 9.00. The van der Waals surface area contributed by atoms with Crippen molar-refractivity contribution < 1.29 is 19.0 Å². The number of carboxylic acids is 1. The molecule has 1 N–H and O–H groups in total. The van der Waals surface area contributed by atoms with Crippen molar-refractivity contribution in [3.8, 4) is 0 Å². The van der Waals surface area contributed by atoms with Crippen LogP contribution in [-0.4, -0.2) is 24.3 Å². The van der Waals surface area contributed by atoms with Crippen LogP contribution in [0.5, 0.6) is 0 Å². The van der Waals surface area contributed by atoms with Crippen molar-refractivity contribution in [3.63, 3.8) is 0 Å². The quantitative estimate of drug-likeness (QED) is 0.852. The Bertz CT molecular complexity index is 424. The van der Waals surface area contributed by atoms with Gasteiger partial charge in [0.1, 0.15) is 5.82 Å². The Labute approximate surface area is 92.9 Å². The molecule has 1 heterocycles. The van der Waals surface area contributed by atoms with Crippen molar-refractivity contribution >= 4 is 5.97 Å². The number of aryl methyl sites for hydroxylation is 1. The molecule has 0 saturated carbocycles. The summed E-state index contributed by atoms with van der Waals surface area (Å²) in [5.41, 5.74) is 0.916. The number of ether oxygens (including phenoxy) is 1. The summed E-state index contributed by atoms with van der Waals surface area (Å²) in [7, 11) is 0. The summed E-state index contributed by atoms with van der Waals surface area (Å²) in [6.07, 6.45) is 0.0259. The number of aliphatic carboxylic acids is 1. The molecule has 2 rings (SSSR count). The second-order valence-corrected chi connectivity index (χ2v) is 4.31. The SMILES string of the molecule is Cc1cc(C2(CC(=O)O)COC2)ccc1F. The summed E-state index contributed by atoms with van der Waals surface area (Å²) < 4.78 is 18.2. The molecule has 1 aliphatic rings. The molecule has 1 aromatic carbocycles. The monoisotopic (exact) mass is 224 g/mol. The van der Waals surface area contributed by atoms with E-state index in [0.717, 1.165) is 5.56 Å². The maximum Gasteiger partial charge on any atom is 0.304 e. The van der Waals surface area contributed by atoms with E-state index in [2.05, 4.69) is 0 Å². The molecular weight excluding hydrogens is 211 g/mol. The predicted octanol–water partition coefficient (Wildman–Crippen LogP) is 1.88. The number of hydrogen-bond acceptors (Lipinski definition) is 2. The van der Waals surface area contributed by atoms with Crippen LogP contribution in [0.2, 0.25) is 0 Å². The van der Waals surface area contributed by atoms with Gasteiger partial charge in [-0.25, -0.2) is 4.39 Å². The molecule has 0 aliphatic carbocycles. The summed E-state index contributed by atoms with van der Waals surface area (Å²) in [5, 5.41) is 8.87. The van der Waals surface area contributed by atoms with Crippen LogP contribution in [-0.2, 0) is 14.9 Å². The van der Waals surface area contributed by atoms with Crippen LogP contribution >= 0.6 is 0 Å². The molecule has 0 spiro atoms. The highest BCUT2D eigenvalue weighted by Crippen LogP contribution is 2.36. The van der Waals surface area contributed by atoms with Crippen molar-refractivity contribution in [2.75, 3.05) is 13.2 Å². The summed E-state index contributed by atoms with van der Waals surface area (Å²) in [4.78, 5) is 10.8. The van der Waals surface area contributed by atoms with E-state index in [9.17, 15) is 9.18 Å². The van der Waals surface area contributed by atoms with Gasteiger partial charge in [-0.1, -0.05) is 12.1 Å². The van der Waals surface area contributed by atoms with E-state index in [1.165, 1.54) is 6.07 Å². The Hall–Kier alpha value is -1.42. The van der Waals surface area contributed by atoms with Gasteiger partial charge in [0, 0.05) is 0 Å². The van der Waals surface area contributed by atoms with E-state index in [1.807, 2.05) is 0 Å². The molecule has 4 heteroatoms. The summed E-state index contributed by atoms with van der Waals surface area (Å²) in [5.74, 6) is -1.13. The van der Waals surface area contributed by atoms with Crippen molar-refractivity contribution in [1.82, 2.24) is 0 Å². The normalized spacial score (nSPS) is 17.9. The molecular formula is C12H13FO3. The van der Waals surface area contributed by atoms with E-state index in [4.69, 9.17) is 9.84 Å². The van der Waals surface area contributed by atoms with Crippen LogP contribution in [0.25, 0.3) is 0 Å². The molecule has 0 atom stereocenters. The molecule has 3 nitrogen and oxygen atoms in total. The second kappa shape index (κ2) is 3.87. The molecule has 1 aromatic rings. The second-order valence-electron chi connectivity index (χ2n) is 4.31. The Morgan fingerprint density at radius 3 is 2.69 bits per heavy atom. The summed E-state index contributed by atoms with van der Waals surface area (Å²) in [6, 6.07) is 4.74. The van der Waals surface area contributed by atoms with Gasteiger partial charge in [0.25, 0.3) is 0 Å². The Morgan fingerprint density at radius 2 is 2.25 bits per heavy atom. The lowest BCUT2D eigenvalue weighted by Gasteiger charge is -2.41. The number of benzene rings is 1.